The van der Waals surface area contributed by atoms with Gasteiger partial charge in [0, 0.05) is 23.5 Å². The SMILES string of the molecule is CNc1cc(NC(=O)OC)ccc1Nc1c2ccccc2nc2c(OC)cccc12. The lowest BCUT2D eigenvalue weighted by Crippen LogP contribution is -2.11. The lowest BCUT2D eigenvalue weighted by Gasteiger charge is -2.17. The molecule has 0 atom stereocenters. The van der Waals surface area contributed by atoms with E-state index in [9.17, 15) is 4.79 Å². The largest absolute Gasteiger partial charge is 0.494 e. The number of ether oxygens (including phenoxy) is 2. The van der Waals surface area contributed by atoms with Gasteiger partial charge in [-0.15, -0.1) is 0 Å². The molecule has 0 spiro atoms. The van der Waals surface area contributed by atoms with Crippen molar-refractivity contribution in [3.05, 3.63) is 60.7 Å². The Balaban J connectivity index is 1.86. The first kappa shape index (κ1) is 19.3. The van der Waals surface area contributed by atoms with Crippen molar-refractivity contribution in [1.29, 1.82) is 0 Å². The average Bonchev–Trinajstić information content (AvgIpc) is 2.79. The van der Waals surface area contributed by atoms with Crippen LogP contribution >= 0.6 is 0 Å². The van der Waals surface area contributed by atoms with Gasteiger partial charge in [-0.05, 0) is 30.3 Å². The van der Waals surface area contributed by atoms with Gasteiger partial charge >= 0.3 is 6.09 Å². The Labute approximate surface area is 174 Å². The normalized spacial score (nSPS) is 10.6. The predicted octanol–water partition coefficient (Wildman–Crippen LogP) is 5.36. The van der Waals surface area contributed by atoms with Gasteiger partial charge < -0.3 is 20.1 Å². The molecule has 1 heterocycles. The fourth-order valence-electron chi connectivity index (χ4n) is 3.43. The Morgan fingerprint density at radius 3 is 2.50 bits per heavy atom. The molecular weight excluding hydrogens is 380 g/mol. The maximum atomic E-state index is 11.5. The third-order valence-corrected chi connectivity index (χ3v) is 4.87. The molecule has 0 unspecified atom stereocenters. The molecule has 3 aromatic carbocycles. The fraction of sp³-hybridized carbons (Fsp3) is 0.130. The number of anilines is 4. The molecule has 1 aromatic heterocycles. The van der Waals surface area contributed by atoms with Crippen molar-refractivity contribution < 1.29 is 14.3 Å². The molecule has 0 saturated carbocycles. The van der Waals surface area contributed by atoms with Crippen LogP contribution < -0.4 is 20.7 Å². The van der Waals surface area contributed by atoms with E-state index >= 15 is 0 Å². The van der Waals surface area contributed by atoms with E-state index in [0.29, 0.717) is 11.4 Å². The summed E-state index contributed by atoms with van der Waals surface area (Å²) in [5.41, 5.74) is 4.89. The van der Waals surface area contributed by atoms with Gasteiger partial charge in [0.2, 0.25) is 0 Å². The third kappa shape index (κ3) is 3.53. The predicted molar refractivity (Wildman–Crippen MR) is 121 cm³/mol. The van der Waals surface area contributed by atoms with Gasteiger partial charge in [-0.25, -0.2) is 9.78 Å². The molecule has 0 aliphatic heterocycles. The second-order valence-corrected chi connectivity index (χ2v) is 6.61. The van der Waals surface area contributed by atoms with Gasteiger partial charge in [-0.3, -0.25) is 5.32 Å². The Morgan fingerprint density at radius 1 is 0.933 bits per heavy atom. The number of methoxy groups -OCH3 is 2. The van der Waals surface area contributed by atoms with Crippen molar-refractivity contribution in [3.63, 3.8) is 0 Å². The number of nitrogens with one attached hydrogen (secondary N) is 3. The van der Waals surface area contributed by atoms with Crippen molar-refractivity contribution in [2.24, 2.45) is 0 Å². The smallest absolute Gasteiger partial charge is 0.411 e. The monoisotopic (exact) mass is 402 g/mol. The summed E-state index contributed by atoms with van der Waals surface area (Å²) in [6, 6.07) is 19.4. The number of carbonyl (C=O) groups excluding carboxylic acids is 1. The number of aromatic nitrogens is 1. The van der Waals surface area contributed by atoms with E-state index in [1.165, 1.54) is 7.11 Å². The van der Waals surface area contributed by atoms with E-state index < -0.39 is 6.09 Å². The van der Waals surface area contributed by atoms with Gasteiger partial charge in [0.05, 0.1) is 36.8 Å². The number of hydrogen-bond acceptors (Lipinski definition) is 6. The Bertz CT molecular complexity index is 1240. The molecule has 3 N–H and O–H groups in total. The summed E-state index contributed by atoms with van der Waals surface area (Å²) < 4.78 is 10.2. The van der Waals surface area contributed by atoms with Crippen LogP contribution in [0.4, 0.5) is 27.5 Å². The Morgan fingerprint density at radius 2 is 1.73 bits per heavy atom. The van der Waals surface area contributed by atoms with Gasteiger partial charge in [0.15, 0.2) is 0 Å². The van der Waals surface area contributed by atoms with Crippen molar-refractivity contribution in [3.8, 4) is 5.75 Å². The minimum atomic E-state index is -0.518. The number of nitrogens with zero attached hydrogens (tertiary/aromatic N) is 1. The Hall–Kier alpha value is -4.00. The van der Waals surface area contributed by atoms with Crippen molar-refractivity contribution in [1.82, 2.24) is 4.98 Å². The lowest BCUT2D eigenvalue weighted by molar-refractivity contribution is 0.187. The molecule has 0 aliphatic rings. The minimum Gasteiger partial charge on any atom is -0.494 e. The molecule has 7 heteroatoms. The van der Waals surface area contributed by atoms with Gasteiger partial charge in [-0.1, -0.05) is 30.3 Å². The summed E-state index contributed by atoms with van der Waals surface area (Å²) in [6.07, 6.45) is -0.518. The number of pyridine rings is 1. The molecule has 4 aromatic rings. The van der Waals surface area contributed by atoms with Crippen LogP contribution in [-0.4, -0.2) is 32.3 Å². The summed E-state index contributed by atoms with van der Waals surface area (Å²) in [5, 5.41) is 11.3. The summed E-state index contributed by atoms with van der Waals surface area (Å²) in [7, 11) is 4.80. The molecule has 0 aliphatic carbocycles. The van der Waals surface area contributed by atoms with Crippen LogP contribution in [0, 0.1) is 0 Å². The van der Waals surface area contributed by atoms with Crippen LogP contribution in [0.5, 0.6) is 5.75 Å². The van der Waals surface area contributed by atoms with Gasteiger partial charge in [0.25, 0.3) is 0 Å². The fourth-order valence-corrected chi connectivity index (χ4v) is 3.43. The van der Waals surface area contributed by atoms with Gasteiger partial charge in [-0.2, -0.15) is 0 Å². The van der Waals surface area contributed by atoms with E-state index in [-0.39, 0.29) is 0 Å². The van der Waals surface area contributed by atoms with Crippen molar-refractivity contribution in [2.45, 2.75) is 0 Å². The van der Waals surface area contributed by atoms with Crippen LogP contribution in [0.25, 0.3) is 21.8 Å². The molecule has 7 nitrogen and oxygen atoms in total. The third-order valence-electron chi connectivity index (χ3n) is 4.87. The topological polar surface area (TPSA) is 84.5 Å². The second-order valence-electron chi connectivity index (χ2n) is 6.61. The van der Waals surface area contributed by atoms with E-state index in [1.807, 2.05) is 67.7 Å². The zero-order chi connectivity index (χ0) is 21.1. The summed E-state index contributed by atoms with van der Waals surface area (Å²) in [6.45, 7) is 0. The summed E-state index contributed by atoms with van der Waals surface area (Å²) >= 11 is 0. The number of rotatable bonds is 5. The van der Waals surface area contributed by atoms with Gasteiger partial charge in [0.1, 0.15) is 11.3 Å². The maximum Gasteiger partial charge on any atom is 0.411 e. The highest BCUT2D eigenvalue weighted by molar-refractivity contribution is 6.10. The molecular formula is C23H22N4O3. The van der Waals surface area contributed by atoms with Crippen LogP contribution in [0.15, 0.2) is 60.7 Å². The minimum absolute atomic E-state index is 0.518. The number of fused-ring (bicyclic) bond motifs is 2. The average molecular weight is 402 g/mol. The molecule has 0 bridgehead atoms. The van der Waals surface area contributed by atoms with Crippen LogP contribution in [-0.2, 0) is 4.74 Å². The highest BCUT2D eigenvalue weighted by Gasteiger charge is 2.14. The summed E-state index contributed by atoms with van der Waals surface area (Å²) in [4.78, 5) is 16.3. The van der Waals surface area contributed by atoms with Crippen LogP contribution in [0.2, 0.25) is 0 Å². The molecule has 1 amide bonds. The molecule has 0 saturated heterocycles. The van der Waals surface area contributed by atoms with Crippen LogP contribution in [0.3, 0.4) is 0 Å². The van der Waals surface area contributed by atoms with E-state index in [4.69, 9.17) is 9.72 Å². The lowest BCUT2D eigenvalue weighted by atomic mass is 10.1. The maximum absolute atomic E-state index is 11.5. The van der Waals surface area contributed by atoms with E-state index in [0.717, 1.165) is 38.9 Å². The zero-order valence-corrected chi connectivity index (χ0v) is 16.9. The highest BCUT2D eigenvalue weighted by atomic mass is 16.5. The number of amides is 1. The molecule has 4 rings (SSSR count). The molecule has 30 heavy (non-hydrogen) atoms. The number of para-hydroxylation sites is 2. The quantitative estimate of drug-likeness (QED) is 0.390. The van der Waals surface area contributed by atoms with Crippen LogP contribution in [0.1, 0.15) is 0 Å². The number of carbonyl (C=O) groups is 1. The zero-order valence-electron chi connectivity index (χ0n) is 16.9. The first-order valence-corrected chi connectivity index (χ1v) is 9.44. The first-order chi connectivity index (χ1) is 14.6. The van der Waals surface area contributed by atoms with E-state index in [1.54, 1.807) is 7.11 Å². The highest BCUT2D eigenvalue weighted by Crippen LogP contribution is 2.38. The number of hydrogen-bond donors (Lipinski definition) is 3. The first-order valence-electron chi connectivity index (χ1n) is 9.44. The summed E-state index contributed by atoms with van der Waals surface area (Å²) in [5.74, 6) is 0.716. The molecule has 0 fully saturated rings. The standard InChI is InChI=1S/C23H22N4O3/c1-24-19-13-14(25-23(28)30-3)11-12-18(19)27-21-15-7-4-5-9-17(15)26-22-16(21)8-6-10-20(22)29-2/h4-13,24H,1-3H3,(H,25,28)(H,26,27). The van der Waals surface area contributed by atoms with Crippen molar-refractivity contribution >= 4 is 50.6 Å². The Kier molecular flexibility index (Phi) is 5.26. The number of benzene rings is 3. The molecule has 0 radical (unpaired) electrons. The molecule has 152 valence electrons. The van der Waals surface area contributed by atoms with Crippen molar-refractivity contribution in [2.75, 3.05) is 37.2 Å². The van der Waals surface area contributed by atoms with E-state index in [2.05, 4.69) is 20.7 Å². The second kappa shape index (κ2) is 8.16.